The van der Waals surface area contributed by atoms with Crippen LogP contribution in [0.15, 0.2) is 42.9 Å². The van der Waals surface area contributed by atoms with Gasteiger partial charge in [0, 0.05) is 6.20 Å². The van der Waals surface area contributed by atoms with Gasteiger partial charge in [0.2, 0.25) is 5.91 Å². The zero-order valence-corrected chi connectivity index (χ0v) is 26.0. The summed E-state index contributed by atoms with van der Waals surface area (Å²) in [5.41, 5.74) is -1.26. The van der Waals surface area contributed by atoms with Gasteiger partial charge in [0.25, 0.3) is 5.91 Å². The van der Waals surface area contributed by atoms with E-state index in [9.17, 15) is 19.2 Å². The summed E-state index contributed by atoms with van der Waals surface area (Å²) in [5, 5.41) is 7.96. The topological polar surface area (TPSA) is 150 Å². The van der Waals surface area contributed by atoms with E-state index in [-0.39, 0.29) is 30.9 Å². The summed E-state index contributed by atoms with van der Waals surface area (Å²) in [6.07, 6.45) is 7.35. The molecule has 43 heavy (non-hydrogen) atoms. The summed E-state index contributed by atoms with van der Waals surface area (Å²) in [4.78, 5) is 56.0. The van der Waals surface area contributed by atoms with Gasteiger partial charge in [0.05, 0.1) is 26.7 Å². The van der Waals surface area contributed by atoms with Crippen molar-refractivity contribution in [3.8, 4) is 0 Å². The molecule has 3 amide bonds. The molecule has 3 rings (SSSR count). The Morgan fingerprint density at radius 1 is 1.02 bits per heavy atom. The number of amides is 3. The van der Waals surface area contributed by atoms with Crippen LogP contribution in [0.4, 0.5) is 10.6 Å². The van der Waals surface area contributed by atoms with E-state index in [1.54, 1.807) is 31.5 Å². The molecule has 1 fully saturated rings. The molecule has 1 aliphatic rings. The predicted molar refractivity (Wildman–Crippen MR) is 160 cm³/mol. The molecule has 0 aliphatic heterocycles. The summed E-state index contributed by atoms with van der Waals surface area (Å²) in [6, 6.07) is 7.74. The third kappa shape index (κ3) is 10.4. The summed E-state index contributed by atoms with van der Waals surface area (Å²) >= 11 is 0. The van der Waals surface area contributed by atoms with Gasteiger partial charge in [-0.25, -0.2) is 14.6 Å². The number of alkyl carbamates (subject to hydrolysis) is 1. The highest BCUT2D eigenvalue weighted by atomic mass is 16.6. The van der Waals surface area contributed by atoms with Crippen molar-refractivity contribution in [3.05, 3.63) is 48.4 Å². The average molecular weight is 600 g/mol. The number of imidazole rings is 1. The number of carbonyl (C=O) groups is 4. The number of benzene rings is 1. The quantitative estimate of drug-likeness (QED) is 0.309. The van der Waals surface area contributed by atoms with Gasteiger partial charge in [-0.3, -0.25) is 9.59 Å². The number of nitrogens with zero attached hydrogens (tertiary/aromatic N) is 2. The second-order valence-corrected chi connectivity index (χ2v) is 12.3. The van der Waals surface area contributed by atoms with Crippen LogP contribution in [0.25, 0.3) is 0 Å². The van der Waals surface area contributed by atoms with E-state index >= 15 is 0 Å². The molecule has 0 saturated heterocycles. The molecule has 0 bridgehead atoms. The average Bonchev–Trinajstić information content (AvgIpc) is 3.39. The summed E-state index contributed by atoms with van der Waals surface area (Å²) in [5.74, 6) is -1.23. The van der Waals surface area contributed by atoms with Crippen molar-refractivity contribution in [2.75, 3.05) is 19.0 Å². The molecule has 12 heteroatoms. The predicted octanol–water partition coefficient (Wildman–Crippen LogP) is 4.12. The van der Waals surface area contributed by atoms with Gasteiger partial charge in [-0.05, 0) is 58.9 Å². The molecule has 1 heterocycles. The van der Waals surface area contributed by atoms with E-state index in [4.69, 9.17) is 14.2 Å². The van der Waals surface area contributed by atoms with Gasteiger partial charge in [-0.15, -0.1) is 0 Å². The highest BCUT2D eigenvalue weighted by Gasteiger charge is 2.35. The number of anilines is 1. The molecule has 236 valence electrons. The van der Waals surface area contributed by atoms with E-state index in [2.05, 4.69) is 20.9 Å². The third-order valence-electron chi connectivity index (χ3n) is 7.11. The number of aromatic nitrogens is 2. The Balaban J connectivity index is 1.73. The van der Waals surface area contributed by atoms with Crippen LogP contribution in [0.1, 0.15) is 78.3 Å². The van der Waals surface area contributed by atoms with E-state index < -0.39 is 41.1 Å². The maximum Gasteiger partial charge on any atom is 0.408 e. The van der Waals surface area contributed by atoms with E-state index in [0.29, 0.717) is 0 Å². The minimum atomic E-state index is -1.41. The van der Waals surface area contributed by atoms with Crippen molar-refractivity contribution in [2.45, 2.75) is 96.6 Å². The normalized spacial score (nSPS) is 15.6. The zero-order valence-electron chi connectivity index (χ0n) is 26.0. The lowest BCUT2D eigenvalue weighted by atomic mass is 9.84. The molecule has 2 unspecified atom stereocenters. The highest BCUT2D eigenvalue weighted by molar-refractivity contribution is 5.98. The van der Waals surface area contributed by atoms with Crippen LogP contribution in [-0.4, -0.2) is 64.3 Å². The SMILES string of the molecule is COC(=O)C(C1CCCCC1)n1cnc(NC(=O)C(COCc2ccccc2)NC(=O)C(C)(C)NC(=O)OC(C)(C)C)c1. The van der Waals surface area contributed by atoms with Crippen LogP contribution < -0.4 is 16.0 Å². The lowest BCUT2D eigenvalue weighted by Gasteiger charge is -2.29. The maximum atomic E-state index is 13.4. The second kappa shape index (κ2) is 15.0. The summed E-state index contributed by atoms with van der Waals surface area (Å²) in [7, 11) is 1.36. The first-order valence-electron chi connectivity index (χ1n) is 14.6. The van der Waals surface area contributed by atoms with Gasteiger partial charge in [0.1, 0.15) is 23.2 Å². The van der Waals surface area contributed by atoms with Gasteiger partial charge in [0.15, 0.2) is 5.82 Å². The minimum absolute atomic E-state index is 0.108. The number of rotatable bonds is 12. The Bertz CT molecular complexity index is 1230. The first kappa shape index (κ1) is 33.6. The zero-order chi connectivity index (χ0) is 31.6. The Hall–Kier alpha value is -3.93. The highest BCUT2D eigenvalue weighted by Crippen LogP contribution is 2.34. The monoisotopic (exact) mass is 599 g/mol. The second-order valence-electron chi connectivity index (χ2n) is 12.3. The first-order valence-corrected chi connectivity index (χ1v) is 14.6. The number of carbonyl (C=O) groups excluding carboxylic acids is 4. The largest absolute Gasteiger partial charge is 0.467 e. The molecule has 12 nitrogen and oxygen atoms in total. The Kier molecular flexibility index (Phi) is 11.7. The van der Waals surface area contributed by atoms with E-state index in [1.165, 1.54) is 27.3 Å². The third-order valence-corrected chi connectivity index (χ3v) is 7.11. The van der Waals surface area contributed by atoms with Crippen LogP contribution in [0.5, 0.6) is 0 Å². The molecule has 1 saturated carbocycles. The van der Waals surface area contributed by atoms with Crippen LogP contribution in [-0.2, 0) is 35.2 Å². The van der Waals surface area contributed by atoms with Crippen molar-refractivity contribution in [1.29, 1.82) is 0 Å². The summed E-state index contributed by atoms with van der Waals surface area (Å²) < 4.78 is 17.8. The number of hydrogen-bond donors (Lipinski definition) is 3. The molecule has 1 aliphatic carbocycles. The Morgan fingerprint density at radius 3 is 2.33 bits per heavy atom. The number of nitrogens with one attached hydrogen (secondary N) is 3. The molecular weight excluding hydrogens is 554 g/mol. The van der Waals surface area contributed by atoms with Gasteiger partial charge >= 0.3 is 12.1 Å². The molecule has 0 radical (unpaired) electrons. The molecule has 2 atom stereocenters. The minimum Gasteiger partial charge on any atom is -0.467 e. The Labute approximate surface area is 253 Å². The molecule has 0 spiro atoms. The molecule has 2 aromatic rings. The van der Waals surface area contributed by atoms with Crippen molar-refractivity contribution in [3.63, 3.8) is 0 Å². The van der Waals surface area contributed by atoms with Crippen molar-refractivity contribution < 1.29 is 33.4 Å². The fourth-order valence-electron chi connectivity index (χ4n) is 4.90. The maximum absolute atomic E-state index is 13.4. The fraction of sp³-hybridized carbons (Fsp3) is 0.581. The molecule has 1 aromatic carbocycles. The molecular formula is C31H45N5O7. The van der Waals surface area contributed by atoms with E-state index in [0.717, 1.165) is 37.7 Å². The van der Waals surface area contributed by atoms with Gasteiger partial charge in [-0.1, -0.05) is 49.6 Å². The first-order chi connectivity index (χ1) is 20.3. The van der Waals surface area contributed by atoms with Crippen molar-refractivity contribution >= 4 is 29.7 Å². The fourth-order valence-corrected chi connectivity index (χ4v) is 4.90. The number of esters is 1. The Morgan fingerprint density at radius 2 is 1.70 bits per heavy atom. The summed E-state index contributed by atoms with van der Waals surface area (Å²) in [6.45, 7) is 8.23. The molecule has 1 aromatic heterocycles. The van der Waals surface area contributed by atoms with Crippen molar-refractivity contribution in [2.24, 2.45) is 5.92 Å². The van der Waals surface area contributed by atoms with Crippen LogP contribution >= 0.6 is 0 Å². The number of methoxy groups -OCH3 is 1. The van der Waals surface area contributed by atoms with E-state index in [1.807, 2.05) is 30.3 Å². The van der Waals surface area contributed by atoms with Crippen LogP contribution in [0.2, 0.25) is 0 Å². The van der Waals surface area contributed by atoms with Gasteiger partial charge < -0.3 is 34.7 Å². The smallest absolute Gasteiger partial charge is 0.408 e. The molecule has 3 N–H and O–H groups in total. The lowest BCUT2D eigenvalue weighted by Crippen LogP contribution is -2.59. The van der Waals surface area contributed by atoms with Crippen LogP contribution in [0, 0.1) is 5.92 Å². The van der Waals surface area contributed by atoms with Crippen molar-refractivity contribution in [1.82, 2.24) is 20.2 Å². The standard InChI is InChI=1S/C31H45N5O7/c1-30(2,3)43-29(40)35-31(4,5)28(39)33-23(19-42-18-21-13-9-7-10-14-21)26(37)34-24-17-36(20-32-24)25(27(38)41-6)22-15-11-8-12-16-22/h7,9-10,13-14,17,20,22-23,25H,8,11-12,15-16,18-19H2,1-6H3,(H,33,39)(H,34,37)(H,35,40). The lowest BCUT2D eigenvalue weighted by molar-refractivity contribution is -0.146. The number of ether oxygens (including phenoxy) is 3. The van der Waals surface area contributed by atoms with Gasteiger partial charge in [-0.2, -0.15) is 0 Å². The van der Waals surface area contributed by atoms with Crippen LogP contribution in [0.3, 0.4) is 0 Å². The number of hydrogen-bond acceptors (Lipinski definition) is 8.